The van der Waals surface area contributed by atoms with E-state index in [1.165, 1.54) is 13.2 Å². The Hall–Kier alpha value is -1.88. The molecule has 0 aliphatic rings. The molecule has 5 nitrogen and oxygen atoms in total. The molecule has 1 aromatic carbocycles. The molecule has 5 heteroatoms. The first kappa shape index (κ1) is 12.2. The van der Waals surface area contributed by atoms with Crippen LogP contribution in [0.25, 0.3) is 0 Å². The van der Waals surface area contributed by atoms with E-state index < -0.39 is 5.97 Å². The van der Waals surface area contributed by atoms with E-state index in [-0.39, 0.29) is 18.1 Å². The van der Waals surface area contributed by atoms with E-state index in [2.05, 4.69) is 10.1 Å². The number of nitrogens with one attached hydrogen (secondary N) is 1. The van der Waals surface area contributed by atoms with Gasteiger partial charge in [-0.1, -0.05) is 12.1 Å². The predicted molar refractivity (Wildman–Crippen MR) is 57.1 cm³/mol. The molecule has 0 bridgehead atoms. The van der Waals surface area contributed by atoms with Crippen LogP contribution >= 0.6 is 0 Å². The van der Waals surface area contributed by atoms with Crippen LogP contribution in [0.4, 0.5) is 0 Å². The Balaban J connectivity index is 2.51. The van der Waals surface area contributed by atoms with Gasteiger partial charge < -0.3 is 15.2 Å². The van der Waals surface area contributed by atoms with Crippen LogP contribution in [0.1, 0.15) is 15.9 Å². The van der Waals surface area contributed by atoms with E-state index in [1.807, 2.05) is 0 Å². The lowest BCUT2D eigenvalue weighted by Gasteiger charge is -2.04. The van der Waals surface area contributed by atoms with Crippen molar-refractivity contribution >= 4 is 11.9 Å². The first-order valence-corrected chi connectivity index (χ1v) is 4.73. The monoisotopic (exact) mass is 223 g/mol. The van der Waals surface area contributed by atoms with Gasteiger partial charge in [-0.05, 0) is 17.7 Å². The molecule has 16 heavy (non-hydrogen) atoms. The number of carbonyl (C=O) groups is 2. The Morgan fingerprint density at radius 1 is 1.44 bits per heavy atom. The second-order valence-corrected chi connectivity index (χ2v) is 3.19. The summed E-state index contributed by atoms with van der Waals surface area (Å²) < 4.78 is 4.45. The van der Waals surface area contributed by atoms with Crippen LogP contribution in [0.2, 0.25) is 0 Å². The molecule has 0 fully saturated rings. The second-order valence-electron chi connectivity index (χ2n) is 3.19. The van der Waals surface area contributed by atoms with Crippen LogP contribution in [0.3, 0.4) is 0 Å². The van der Waals surface area contributed by atoms with E-state index in [0.29, 0.717) is 6.54 Å². The first-order valence-electron chi connectivity index (χ1n) is 4.73. The van der Waals surface area contributed by atoms with Crippen LogP contribution < -0.4 is 5.32 Å². The van der Waals surface area contributed by atoms with Gasteiger partial charge in [0.15, 0.2) is 0 Å². The molecule has 0 amide bonds. The summed E-state index contributed by atoms with van der Waals surface area (Å²) in [4.78, 5) is 21.5. The van der Waals surface area contributed by atoms with E-state index in [9.17, 15) is 9.59 Å². The van der Waals surface area contributed by atoms with Gasteiger partial charge in [-0.15, -0.1) is 0 Å². The lowest BCUT2D eigenvalue weighted by atomic mass is 10.1. The van der Waals surface area contributed by atoms with E-state index in [0.717, 1.165) is 5.56 Å². The van der Waals surface area contributed by atoms with Crippen LogP contribution in [-0.2, 0) is 16.1 Å². The number of benzene rings is 1. The molecule has 1 aromatic rings. The fourth-order valence-electron chi connectivity index (χ4n) is 1.20. The first-order chi connectivity index (χ1) is 7.63. The quantitative estimate of drug-likeness (QED) is 0.717. The molecule has 2 N–H and O–H groups in total. The third-order valence-electron chi connectivity index (χ3n) is 2.00. The predicted octanol–water partition coefficient (Wildman–Crippen LogP) is 0.647. The molecule has 86 valence electrons. The summed E-state index contributed by atoms with van der Waals surface area (Å²) >= 11 is 0. The molecule has 0 spiro atoms. The number of methoxy groups -OCH3 is 1. The molecular weight excluding hydrogens is 210 g/mol. The van der Waals surface area contributed by atoms with E-state index >= 15 is 0 Å². The van der Waals surface area contributed by atoms with Gasteiger partial charge >= 0.3 is 11.9 Å². The number of carboxylic acids is 1. The van der Waals surface area contributed by atoms with Gasteiger partial charge in [0.25, 0.3) is 0 Å². The van der Waals surface area contributed by atoms with Crippen LogP contribution in [0.5, 0.6) is 0 Å². The Morgan fingerprint density at radius 3 is 2.81 bits per heavy atom. The fourth-order valence-corrected chi connectivity index (χ4v) is 1.20. The molecule has 0 heterocycles. The third kappa shape index (κ3) is 3.70. The van der Waals surface area contributed by atoms with Crippen molar-refractivity contribution in [2.75, 3.05) is 13.7 Å². The Bertz CT molecular complexity index is 389. The smallest absolute Gasteiger partial charge is 0.335 e. The average Bonchev–Trinajstić information content (AvgIpc) is 2.29. The summed E-state index contributed by atoms with van der Waals surface area (Å²) in [6, 6.07) is 6.54. The van der Waals surface area contributed by atoms with Gasteiger partial charge in [0, 0.05) is 6.54 Å². The van der Waals surface area contributed by atoms with E-state index in [4.69, 9.17) is 5.11 Å². The topological polar surface area (TPSA) is 75.6 Å². The SMILES string of the molecule is COC(=O)CNCc1cccc(C(=O)O)c1. The van der Waals surface area contributed by atoms with Crippen molar-refractivity contribution in [3.8, 4) is 0 Å². The number of hydrogen-bond donors (Lipinski definition) is 2. The van der Waals surface area contributed by atoms with Gasteiger partial charge in [-0.25, -0.2) is 4.79 Å². The Kier molecular flexibility index (Phi) is 4.47. The van der Waals surface area contributed by atoms with E-state index in [1.54, 1.807) is 18.2 Å². The Morgan fingerprint density at radius 2 is 2.19 bits per heavy atom. The minimum Gasteiger partial charge on any atom is -0.478 e. The highest BCUT2D eigenvalue weighted by Gasteiger charge is 2.03. The maximum Gasteiger partial charge on any atom is 0.335 e. The number of carboxylic acid groups (broad SMARTS) is 1. The highest BCUT2D eigenvalue weighted by molar-refractivity contribution is 5.87. The molecule has 1 rings (SSSR count). The zero-order chi connectivity index (χ0) is 12.0. The summed E-state index contributed by atoms with van der Waals surface area (Å²) in [7, 11) is 1.31. The molecule has 0 aliphatic carbocycles. The van der Waals surface area contributed by atoms with Crippen LogP contribution in [0.15, 0.2) is 24.3 Å². The molecule has 0 saturated heterocycles. The number of carbonyl (C=O) groups excluding carboxylic acids is 1. The number of esters is 1. The van der Waals surface area contributed by atoms with Crippen molar-refractivity contribution in [3.63, 3.8) is 0 Å². The second kappa shape index (κ2) is 5.87. The van der Waals surface area contributed by atoms with Gasteiger partial charge in [-0.3, -0.25) is 4.79 Å². The summed E-state index contributed by atoms with van der Waals surface area (Å²) in [5.74, 6) is -1.32. The molecule has 0 aromatic heterocycles. The van der Waals surface area contributed by atoms with Gasteiger partial charge in [0.05, 0.1) is 19.2 Å². The highest BCUT2D eigenvalue weighted by atomic mass is 16.5. The lowest BCUT2D eigenvalue weighted by Crippen LogP contribution is -2.23. The van der Waals surface area contributed by atoms with Crippen LogP contribution in [0, 0.1) is 0 Å². The third-order valence-corrected chi connectivity index (χ3v) is 2.00. The zero-order valence-corrected chi connectivity index (χ0v) is 8.90. The Labute approximate surface area is 93.0 Å². The van der Waals surface area contributed by atoms with Crippen molar-refractivity contribution in [3.05, 3.63) is 35.4 Å². The molecule has 0 aliphatic heterocycles. The number of ether oxygens (including phenoxy) is 1. The van der Waals surface area contributed by atoms with Crippen molar-refractivity contribution in [2.45, 2.75) is 6.54 Å². The van der Waals surface area contributed by atoms with Crippen molar-refractivity contribution < 1.29 is 19.4 Å². The minimum atomic E-state index is -0.963. The highest BCUT2D eigenvalue weighted by Crippen LogP contribution is 2.04. The standard InChI is InChI=1S/C11H13NO4/c1-16-10(13)7-12-6-8-3-2-4-9(5-8)11(14)15/h2-5,12H,6-7H2,1H3,(H,14,15). The molecule has 0 atom stereocenters. The lowest BCUT2D eigenvalue weighted by molar-refractivity contribution is -0.139. The fraction of sp³-hybridized carbons (Fsp3) is 0.273. The zero-order valence-electron chi connectivity index (χ0n) is 8.90. The normalized spacial score (nSPS) is 9.81. The van der Waals surface area contributed by atoms with Gasteiger partial charge in [-0.2, -0.15) is 0 Å². The summed E-state index contributed by atoms with van der Waals surface area (Å²) in [6.07, 6.45) is 0. The van der Waals surface area contributed by atoms with Gasteiger partial charge in [0.1, 0.15) is 0 Å². The summed E-state index contributed by atoms with van der Waals surface area (Å²) in [6.45, 7) is 0.532. The maximum atomic E-state index is 10.8. The van der Waals surface area contributed by atoms with Crippen LogP contribution in [-0.4, -0.2) is 30.7 Å². The molecule has 0 unspecified atom stereocenters. The number of rotatable bonds is 5. The number of hydrogen-bond acceptors (Lipinski definition) is 4. The molecular formula is C11H13NO4. The molecule has 0 radical (unpaired) electrons. The van der Waals surface area contributed by atoms with Gasteiger partial charge in [0.2, 0.25) is 0 Å². The average molecular weight is 223 g/mol. The molecule has 0 saturated carbocycles. The largest absolute Gasteiger partial charge is 0.478 e. The van der Waals surface area contributed by atoms with Crippen molar-refractivity contribution in [1.29, 1.82) is 0 Å². The maximum absolute atomic E-state index is 10.8. The van der Waals surface area contributed by atoms with Crippen molar-refractivity contribution in [2.24, 2.45) is 0 Å². The summed E-state index contributed by atoms with van der Waals surface area (Å²) in [5.41, 5.74) is 1.04. The number of aromatic carboxylic acids is 1. The summed E-state index contributed by atoms with van der Waals surface area (Å²) in [5, 5.41) is 11.6. The van der Waals surface area contributed by atoms with Crippen molar-refractivity contribution in [1.82, 2.24) is 5.32 Å². The minimum absolute atomic E-state index is 0.105.